The predicted octanol–water partition coefficient (Wildman–Crippen LogP) is 1.80. The van der Waals surface area contributed by atoms with Crippen molar-refractivity contribution in [3.05, 3.63) is 23.8 Å². The minimum Gasteiger partial charge on any atom is -0.495 e. The summed E-state index contributed by atoms with van der Waals surface area (Å²) in [5.41, 5.74) is 6.34. The summed E-state index contributed by atoms with van der Waals surface area (Å²) >= 11 is 0. The van der Waals surface area contributed by atoms with Crippen molar-refractivity contribution < 1.29 is 18.3 Å². The third kappa shape index (κ3) is 2.52. The molecule has 1 amide bonds. The number of rotatable bonds is 3. The minimum atomic E-state index is -2.64. The maximum absolute atomic E-state index is 12.6. The number of amides is 1. The first-order valence-electron chi connectivity index (χ1n) is 5.53. The van der Waals surface area contributed by atoms with E-state index in [1.165, 1.54) is 13.2 Å². The molecular weight excluding hydrogens is 242 g/mol. The number of benzene rings is 1. The third-order valence-corrected chi connectivity index (χ3v) is 2.92. The lowest BCUT2D eigenvalue weighted by molar-refractivity contribution is -0.0901. The highest BCUT2D eigenvalue weighted by Crippen LogP contribution is 2.37. The van der Waals surface area contributed by atoms with Gasteiger partial charge < -0.3 is 15.8 Å². The van der Waals surface area contributed by atoms with E-state index in [4.69, 9.17) is 10.5 Å². The second-order valence-corrected chi connectivity index (χ2v) is 4.39. The van der Waals surface area contributed by atoms with Gasteiger partial charge in [-0.1, -0.05) is 0 Å². The Kier molecular flexibility index (Phi) is 3.11. The molecule has 0 bridgehead atoms. The number of hydrogen-bond donors (Lipinski definition) is 2. The van der Waals surface area contributed by atoms with E-state index in [1.54, 1.807) is 12.1 Å². The number of nitrogens with two attached hydrogens (primary N) is 1. The topological polar surface area (TPSA) is 64.3 Å². The van der Waals surface area contributed by atoms with Crippen molar-refractivity contribution in [2.75, 3.05) is 12.8 Å². The zero-order chi connectivity index (χ0) is 13.3. The molecule has 0 heterocycles. The van der Waals surface area contributed by atoms with Gasteiger partial charge in [-0.05, 0) is 18.2 Å². The molecule has 1 aliphatic rings. The number of carbonyl (C=O) groups is 1. The zero-order valence-electron chi connectivity index (χ0n) is 9.87. The summed E-state index contributed by atoms with van der Waals surface area (Å²) < 4.78 is 30.2. The predicted molar refractivity (Wildman–Crippen MR) is 62.8 cm³/mol. The van der Waals surface area contributed by atoms with E-state index >= 15 is 0 Å². The Morgan fingerprint density at radius 2 is 2.17 bits per heavy atom. The van der Waals surface area contributed by atoms with Gasteiger partial charge in [0.25, 0.3) is 11.8 Å². The number of carbonyl (C=O) groups excluding carboxylic acids is 1. The first-order chi connectivity index (χ1) is 8.41. The average molecular weight is 256 g/mol. The molecule has 0 atom stereocenters. The summed E-state index contributed by atoms with van der Waals surface area (Å²) in [5, 5.41) is 2.54. The van der Waals surface area contributed by atoms with Gasteiger partial charge in [0.2, 0.25) is 0 Å². The largest absolute Gasteiger partial charge is 0.495 e. The van der Waals surface area contributed by atoms with Crippen LogP contribution >= 0.6 is 0 Å². The van der Waals surface area contributed by atoms with Crippen molar-refractivity contribution in [2.24, 2.45) is 0 Å². The first-order valence-corrected chi connectivity index (χ1v) is 5.53. The molecule has 1 aromatic rings. The summed E-state index contributed by atoms with van der Waals surface area (Å²) in [6, 6.07) is 4.11. The molecule has 0 aliphatic heterocycles. The van der Waals surface area contributed by atoms with Crippen molar-refractivity contribution in [2.45, 2.75) is 24.8 Å². The Bertz CT molecular complexity index is 469. The molecule has 0 unspecified atom stereocenters. The molecule has 0 aromatic heterocycles. The highest BCUT2D eigenvalue weighted by molar-refractivity contribution is 5.95. The number of anilines is 1. The average Bonchev–Trinajstić information content (AvgIpc) is 2.26. The van der Waals surface area contributed by atoms with E-state index in [0.29, 0.717) is 17.0 Å². The maximum atomic E-state index is 12.6. The minimum absolute atomic E-state index is 0.301. The molecule has 2 rings (SSSR count). The summed E-state index contributed by atoms with van der Waals surface area (Å²) in [4.78, 5) is 11.8. The van der Waals surface area contributed by atoms with Crippen LogP contribution in [0.3, 0.4) is 0 Å². The molecule has 18 heavy (non-hydrogen) atoms. The van der Waals surface area contributed by atoms with Crippen LogP contribution in [0.15, 0.2) is 18.2 Å². The van der Waals surface area contributed by atoms with Crippen LogP contribution in [0.25, 0.3) is 0 Å². The highest BCUT2D eigenvalue weighted by Gasteiger charge is 2.45. The second kappa shape index (κ2) is 4.44. The number of methoxy groups -OCH3 is 1. The molecule has 4 nitrogen and oxygen atoms in total. The van der Waals surface area contributed by atoms with Gasteiger partial charge in [-0.2, -0.15) is 0 Å². The molecule has 0 radical (unpaired) electrons. The monoisotopic (exact) mass is 256 g/mol. The first kappa shape index (κ1) is 12.6. The van der Waals surface area contributed by atoms with Crippen LogP contribution < -0.4 is 15.8 Å². The lowest BCUT2D eigenvalue weighted by Crippen LogP contribution is -2.50. The molecule has 0 saturated heterocycles. The lowest BCUT2D eigenvalue weighted by Gasteiger charge is -2.35. The number of alkyl halides is 2. The van der Waals surface area contributed by atoms with Crippen LogP contribution in [0.5, 0.6) is 5.75 Å². The summed E-state index contributed by atoms with van der Waals surface area (Å²) in [6.07, 6.45) is -0.602. The van der Waals surface area contributed by atoms with Gasteiger partial charge in [-0.25, -0.2) is 8.78 Å². The Hall–Kier alpha value is -1.85. The van der Waals surface area contributed by atoms with Gasteiger partial charge in [0.05, 0.1) is 12.8 Å². The molecule has 1 fully saturated rings. The van der Waals surface area contributed by atoms with E-state index in [9.17, 15) is 13.6 Å². The molecule has 6 heteroatoms. The molecule has 3 N–H and O–H groups in total. The quantitative estimate of drug-likeness (QED) is 0.810. The van der Waals surface area contributed by atoms with Crippen LogP contribution in [0.4, 0.5) is 14.5 Å². The Morgan fingerprint density at radius 3 is 2.67 bits per heavy atom. The van der Waals surface area contributed by atoms with Gasteiger partial charge >= 0.3 is 0 Å². The fourth-order valence-corrected chi connectivity index (χ4v) is 1.91. The van der Waals surface area contributed by atoms with Gasteiger partial charge in [0.1, 0.15) is 5.75 Å². The fraction of sp³-hybridized carbons (Fsp3) is 0.417. The normalized spacial score (nSPS) is 17.9. The Labute approximate surface area is 103 Å². The van der Waals surface area contributed by atoms with Gasteiger partial charge in [0, 0.05) is 24.4 Å². The van der Waals surface area contributed by atoms with Crippen molar-refractivity contribution in [3.8, 4) is 5.75 Å². The SMILES string of the molecule is COc1ccc(C(=O)NC2CC(F)(F)C2)cc1N. The zero-order valence-corrected chi connectivity index (χ0v) is 9.87. The maximum Gasteiger partial charge on any atom is 0.252 e. The van der Waals surface area contributed by atoms with E-state index in [1.807, 2.05) is 0 Å². The standard InChI is InChI=1S/C12H14F2N2O2/c1-18-10-3-2-7(4-9(10)15)11(17)16-8-5-12(13,14)6-8/h2-4,8H,5-6,15H2,1H3,(H,16,17). The number of hydrogen-bond acceptors (Lipinski definition) is 3. The van der Waals surface area contributed by atoms with Crippen LogP contribution in [0.2, 0.25) is 0 Å². The third-order valence-electron chi connectivity index (χ3n) is 2.92. The number of ether oxygens (including phenoxy) is 1. The molecule has 0 spiro atoms. The smallest absolute Gasteiger partial charge is 0.252 e. The highest BCUT2D eigenvalue weighted by atomic mass is 19.3. The van der Waals surface area contributed by atoms with Crippen molar-refractivity contribution in [1.29, 1.82) is 0 Å². The van der Waals surface area contributed by atoms with Crippen LogP contribution in [-0.2, 0) is 0 Å². The Balaban J connectivity index is 1.99. The summed E-state index contributed by atoms with van der Waals surface area (Å²) in [5.74, 6) is -2.57. The Morgan fingerprint density at radius 1 is 1.50 bits per heavy atom. The number of nitrogens with one attached hydrogen (secondary N) is 1. The van der Waals surface area contributed by atoms with Gasteiger partial charge in [-0.15, -0.1) is 0 Å². The molecule has 1 aliphatic carbocycles. The number of nitrogen functional groups attached to an aromatic ring is 1. The lowest BCUT2D eigenvalue weighted by atomic mass is 9.88. The van der Waals surface area contributed by atoms with Crippen molar-refractivity contribution in [1.82, 2.24) is 5.32 Å². The van der Waals surface area contributed by atoms with Crippen LogP contribution in [0.1, 0.15) is 23.2 Å². The van der Waals surface area contributed by atoms with E-state index < -0.39 is 17.9 Å². The number of halogens is 2. The van der Waals surface area contributed by atoms with Crippen molar-refractivity contribution >= 4 is 11.6 Å². The van der Waals surface area contributed by atoms with Crippen molar-refractivity contribution in [3.63, 3.8) is 0 Å². The van der Waals surface area contributed by atoms with E-state index in [-0.39, 0.29) is 12.8 Å². The molecular formula is C12H14F2N2O2. The molecule has 98 valence electrons. The van der Waals surface area contributed by atoms with Crippen LogP contribution in [-0.4, -0.2) is 25.0 Å². The van der Waals surface area contributed by atoms with E-state index in [0.717, 1.165) is 0 Å². The summed E-state index contributed by atoms with van der Waals surface area (Å²) in [6.45, 7) is 0. The summed E-state index contributed by atoms with van der Waals surface area (Å²) in [7, 11) is 1.47. The fourth-order valence-electron chi connectivity index (χ4n) is 1.91. The second-order valence-electron chi connectivity index (χ2n) is 4.39. The van der Waals surface area contributed by atoms with E-state index in [2.05, 4.69) is 5.32 Å². The molecule has 1 saturated carbocycles. The van der Waals surface area contributed by atoms with Crippen LogP contribution in [0, 0.1) is 0 Å². The van der Waals surface area contributed by atoms with Gasteiger partial charge in [0.15, 0.2) is 0 Å². The molecule has 1 aromatic carbocycles. The van der Waals surface area contributed by atoms with Gasteiger partial charge in [-0.3, -0.25) is 4.79 Å².